The van der Waals surface area contributed by atoms with Gasteiger partial charge in [0.25, 0.3) is 0 Å². The third kappa shape index (κ3) is 2.39. The Labute approximate surface area is 79.1 Å². The molecule has 0 N–H and O–H groups in total. The highest BCUT2D eigenvalue weighted by Crippen LogP contribution is 2.35. The first-order valence-electron chi connectivity index (χ1n) is 4.98. The average Bonchev–Trinajstić information content (AvgIpc) is 2.04. The Morgan fingerprint density at radius 1 is 1.31 bits per heavy atom. The molecule has 0 aromatic carbocycles. The van der Waals surface area contributed by atoms with Crippen LogP contribution in [0, 0.1) is 5.41 Å². The number of piperidine rings is 1. The molecule has 1 saturated heterocycles. The number of nitrogens with zero attached hydrogens (tertiary/aromatic N) is 1. The Hall–Kier alpha value is -0.180. The van der Waals surface area contributed by atoms with E-state index >= 15 is 0 Å². The first-order valence-corrected chi connectivity index (χ1v) is 4.98. The van der Waals surface area contributed by atoms with Crippen LogP contribution in [0.5, 0.6) is 0 Å². The van der Waals surface area contributed by atoms with Gasteiger partial charge in [-0.05, 0) is 33.2 Å². The van der Waals surface area contributed by atoms with Crippen LogP contribution in [0.15, 0.2) is 0 Å². The van der Waals surface area contributed by atoms with Crippen LogP contribution >= 0.6 is 0 Å². The summed E-state index contributed by atoms with van der Waals surface area (Å²) in [7, 11) is 0. The van der Waals surface area contributed by atoms with E-state index in [1.165, 1.54) is 0 Å². The number of halogens is 2. The fourth-order valence-electron chi connectivity index (χ4n) is 1.93. The molecule has 0 aromatic rings. The average molecular weight is 191 g/mol. The van der Waals surface area contributed by atoms with Gasteiger partial charge in [-0.2, -0.15) is 0 Å². The molecular weight excluding hydrogens is 172 g/mol. The number of hydrogen-bond acceptors (Lipinski definition) is 1. The van der Waals surface area contributed by atoms with Crippen LogP contribution in [-0.2, 0) is 0 Å². The highest BCUT2D eigenvalue weighted by atomic mass is 19.3. The van der Waals surface area contributed by atoms with Crippen LogP contribution in [-0.4, -0.2) is 30.5 Å². The molecule has 1 heterocycles. The zero-order chi connectivity index (χ0) is 10.1. The number of likely N-dealkylation sites (tertiary alicyclic amines) is 1. The van der Waals surface area contributed by atoms with Crippen molar-refractivity contribution in [3.05, 3.63) is 0 Å². The fraction of sp³-hybridized carbons (Fsp3) is 1.00. The largest absolute Gasteiger partial charge is 0.300 e. The molecule has 0 spiro atoms. The molecule has 3 heteroatoms. The Balaban J connectivity index is 2.60. The van der Waals surface area contributed by atoms with Crippen molar-refractivity contribution in [2.75, 3.05) is 13.1 Å². The lowest BCUT2D eigenvalue weighted by Crippen LogP contribution is -2.48. The minimum Gasteiger partial charge on any atom is -0.300 e. The van der Waals surface area contributed by atoms with Crippen molar-refractivity contribution in [2.24, 2.45) is 5.41 Å². The van der Waals surface area contributed by atoms with E-state index in [4.69, 9.17) is 0 Å². The van der Waals surface area contributed by atoms with E-state index in [2.05, 4.69) is 18.7 Å². The molecule has 13 heavy (non-hydrogen) atoms. The second-order valence-electron chi connectivity index (χ2n) is 4.62. The smallest absolute Gasteiger partial charge is 0.245 e. The van der Waals surface area contributed by atoms with Gasteiger partial charge < -0.3 is 4.90 Å². The van der Waals surface area contributed by atoms with Crippen molar-refractivity contribution >= 4 is 0 Å². The van der Waals surface area contributed by atoms with Crippen LogP contribution in [0.1, 0.15) is 33.6 Å². The lowest BCUT2D eigenvalue weighted by Gasteiger charge is -2.41. The number of rotatable bonds is 2. The molecule has 1 fully saturated rings. The van der Waals surface area contributed by atoms with Gasteiger partial charge in [0.05, 0.1) is 0 Å². The highest BCUT2D eigenvalue weighted by Gasteiger charge is 2.39. The standard InChI is InChI=1S/C10H19F2N/c1-8(2)13-6-4-5-10(3,7-13)9(11)12/h8-9H,4-7H2,1-3H3. The molecule has 0 bridgehead atoms. The number of hydrogen-bond donors (Lipinski definition) is 0. The Kier molecular flexibility index (Phi) is 3.28. The minimum absolute atomic E-state index is 0.387. The monoisotopic (exact) mass is 191 g/mol. The Morgan fingerprint density at radius 2 is 1.92 bits per heavy atom. The van der Waals surface area contributed by atoms with Gasteiger partial charge in [-0.3, -0.25) is 0 Å². The van der Waals surface area contributed by atoms with Crippen molar-refractivity contribution in [2.45, 2.75) is 46.1 Å². The predicted octanol–water partition coefficient (Wildman–Crippen LogP) is 2.76. The normalized spacial score (nSPS) is 31.6. The summed E-state index contributed by atoms with van der Waals surface area (Å²) in [5.41, 5.74) is -0.775. The van der Waals surface area contributed by atoms with Gasteiger partial charge in [0.15, 0.2) is 0 Å². The predicted molar refractivity (Wildman–Crippen MR) is 50.1 cm³/mol. The van der Waals surface area contributed by atoms with Gasteiger partial charge in [0, 0.05) is 18.0 Å². The van der Waals surface area contributed by atoms with Crippen LogP contribution in [0.25, 0.3) is 0 Å². The van der Waals surface area contributed by atoms with E-state index in [-0.39, 0.29) is 0 Å². The van der Waals surface area contributed by atoms with Crippen LogP contribution in [0.3, 0.4) is 0 Å². The van der Waals surface area contributed by atoms with Crippen LogP contribution in [0.4, 0.5) is 8.78 Å². The number of alkyl halides is 2. The van der Waals surface area contributed by atoms with Crippen molar-refractivity contribution < 1.29 is 8.78 Å². The zero-order valence-corrected chi connectivity index (χ0v) is 8.69. The van der Waals surface area contributed by atoms with Gasteiger partial charge in [-0.15, -0.1) is 0 Å². The lowest BCUT2D eigenvalue weighted by atomic mass is 9.82. The second kappa shape index (κ2) is 3.91. The van der Waals surface area contributed by atoms with Gasteiger partial charge >= 0.3 is 0 Å². The maximum atomic E-state index is 12.7. The van der Waals surface area contributed by atoms with E-state index in [0.717, 1.165) is 13.0 Å². The van der Waals surface area contributed by atoms with Crippen molar-refractivity contribution in [1.29, 1.82) is 0 Å². The van der Waals surface area contributed by atoms with Gasteiger partial charge in [-0.1, -0.05) is 6.92 Å². The third-order valence-corrected chi connectivity index (χ3v) is 3.01. The van der Waals surface area contributed by atoms with E-state index in [0.29, 0.717) is 19.0 Å². The van der Waals surface area contributed by atoms with Crippen molar-refractivity contribution in [3.8, 4) is 0 Å². The molecule has 0 aromatic heterocycles. The molecule has 1 rings (SSSR count). The molecule has 1 aliphatic rings. The van der Waals surface area contributed by atoms with Crippen LogP contribution < -0.4 is 0 Å². The quantitative estimate of drug-likeness (QED) is 0.648. The molecule has 0 amide bonds. The third-order valence-electron chi connectivity index (χ3n) is 3.01. The van der Waals surface area contributed by atoms with E-state index in [1.54, 1.807) is 6.92 Å². The Morgan fingerprint density at radius 3 is 2.38 bits per heavy atom. The SMILES string of the molecule is CC(C)N1CCCC(C)(C(F)F)C1. The molecule has 0 aliphatic carbocycles. The summed E-state index contributed by atoms with van der Waals surface area (Å²) >= 11 is 0. The Bertz CT molecular complexity index is 170. The summed E-state index contributed by atoms with van der Waals surface area (Å²) in [4.78, 5) is 2.15. The molecule has 1 unspecified atom stereocenters. The minimum atomic E-state index is -2.19. The molecule has 1 aliphatic heterocycles. The van der Waals surface area contributed by atoms with E-state index < -0.39 is 11.8 Å². The molecular formula is C10H19F2N. The van der Waals surface area contributed by atoms with Crippen molar-refractivity contribution in [1.82, 2.24) is 4.90 Å². The lowest BCUT2D eigenvalue weighted by molar-refractivity contribution is -0.0493. The first kappa shape index (κ1) is 10.9. The zero-order valence-electron chi connectivity index (χ0n) is 8.69. The first-order chi connectivity index (χ1) is 5.96. The molecule has 1 atom stereocenters. The van der Waals surface area contributed by atoms with Crippen LogP contribution in [0.2, 0.25) is 0 Å². The molecule has 78 valence electrons. The molecule has 0 saturated carbocycles. The van der Waals surface area contributed by atoms with E-state index in [9.17, 15) is 8.78 Å². The summed E-state index contributed by atoms with van der Waals surface area (Å²) in [6, 6.07) is 0.387. The summed E-state index contributed by atoms with van der Waals surface area (Å²) < 4.78 is 25.4. The van der Waals surface area contributed by atoms with Crippen molar-refractivity contribution in [3.63, 3.8) is 0 Å². The summed E-state index contributed by atoms with van der Waals surface area (Å²) in [6.07, 6.45) is -0.624. The summed E-state index contributed by atoms with van der Waals surface area (Å²) in [5.74, 6) is 0. The molecule has 1 nitrogen and oxygen atoms in total. The summed E-state index contributed by atoms with van der Waals surface area (Å²) in [6.45, 7) is 7.35. The second-order valence-corrected chi connectivity index (χ2v) is 4.62. The van der Waals surface area contributed by atoms with Gasteiger partial charge in [-0.25, -0.2) is 8.78 Å². The van der Waals surface area contributed by atoms with Gasteiger partial charge in [0.2, 0.25) is 6.43 Å². The maximum absolute atomic E-state index is 12.7. The highest BCUT2D eigenvalue weighted by molar-refractivity contribution is 4.86. The van der Waals surface area contributed by atoms with Gasteiger partial charge in [0.1, 0.15) is 0 Å². The van der Waals surface area contributed by atoms with E-state index in [1.807, 2.05) is 0 Å². The summed E-state index contributed by atoms with van der Waals surface area (Å²) in [5, 5.41) is 0. The fourth-order valence-corrected chi connectivity index (χ4v) is 1.93. The topological polar surface area (TPSA) is 3.24 Å². The molecule has 0 radical (unpaired) electrons. The maximum Gasteiger partial charge on any atom is 0.245 e.